The topological polar surface area (TPSA) is 94.5 Å². The van der Waals surface area contributed by atoms with Crippen LogP contribution in [-0.4, -0.2) is 42.8 Å². The number of carbonyl (C=O) groups is 2. The van der Waals surface area contributed by atoms with Gasteiger partial charge in [0.15, 0.2) is 0 Å². The Morgan fingerprint density at radius 2 is 2.04 bits per heavy atom. The van der Waals surface area contributed by atoms with E-state index in [2.05, 4.69) is 21.6 Å². The molecule has 2 N–H and O–H groups in total. The highest BCUT2D eigenvalue weighted by molar-refractivity contribution is 5.85. The van der Waals surface area contributed by atoms with E-state index >= 15 is 0 Å². The van der Waals surface area contributed by atoms with Crippen LogP contribution in [0.1, 0.15) is 39.7 Å². The highest BCUT2D eigenvalue weighted by Crippen LogP contribution is 2.24. The molecular weight excluding hydrogens is 332 g/mol. The lowest BCUT2D eigenvalue weighted by Crippen LogP contribution is -2.49. The maximum atomic E-state index is 12.3. The van der Waals surface area contributed by atoms with E-state index in [0.717, 1.165) is 18.7 Å². The van der Waals surface area contributed by atoms with Crippen LogP contribution in [0.4, 0.5) is 10.5 Å². The van der Waals surface area contributed by atoms with Crippen molar-refractivity contribution in [3.63, 3.8) is 0 Å². The monoisotopic (exact) mass is 358 g/mol. The van der Waals surface area contributed by atoms with E-state index < -0.39 is 17.7 Å². The van der Waals surface area contributed by atoms with Gasteiger partial charge in [-0.05, 0) is 46.2 Å². The number of nitrogens with one attached hydrogen (secondary N) is 2. The lowest BCUT2D eigenvalue weighted by atomic mass is 10.2. The Morgan fingerprint density at radius 1 is 1.35 bits per heavy atom. The van der Waals surface area contributed by atoms with E-state index in [4.69, 9.17) is 4.74 Å². The third kappa shape index (κ3) is 5.38. The molecule has 2 atom stereocenters. The van der Waals surface area contributed by atoms with Gasteiger partial charge >= 0.3 is 6.09 Å². The lowest BCUT2D eigenvalue weighted by Gasteiger charge is -2.23. The summed E-state index contributed by atoms with van der Waals surface area (Å²) in [5.41, 5.74) is 0.895. The van der Waals surface area contributed by atoms with Gasteiger partial charge in [-0.2, -0.15) is 5.26 Å². The molecule has 1 saturated heterocycles. The molecule has 7 heteroatoms. The molecule has 1 aliphatic heterocycles. The fourth-order valence-corrected chi connectivity index (χ4v) is 2.82. The fourth-order valence-electron chi connectivity index (χ4n) is 2.82. The van der Waals surface area contributed by atoms with E-state index in [-0.39, 0.29) is 11.9 Å². The van der Waals surface area contributed by atoms with Crippen molar-refractivity contribution < 1.29 is 14.3 Å². The molecule has 1 aromatic carbocycles. The molecule has 1 aromatic rings. The minimum Gasteiger partial charge on any atom is -0.444 e. The molecule has 0 aromatic heterocycles. The summed E-state index contributed by atoms with van der Waals surface area (Å²) in [6.07, 6.45) is 0.168. The maximum absolute atomic E-state index is 12.3. The Labute approximate surface area is 154 Å². The predicted octanol–water partition coefficient (Wildman–Crippen LogP) is 2.17. The summed E-state index contributed by atoms with van der Waals surface area (Å²) in [7, 11) is 0. The summed E-state index contributed by atoms with van der Waals surface area (Å²) in [4.78, 5) is 26.2. The van der Waals surface area contributed by atoms with Gasteiger partial charge in [-0.25, -0.2) is 4.79 Å². The number of carbonyl (C=O) groups excluding carboxylic acids is 2. The number of para-hydroxylation sites is 1. The van der Waals surface area contributed by atoms with Crippen LogP contribution in [-0.2, 0) is 9.53 Å². The molecule has 2 rings (SSSR count). The summed E-state index contributed by atoms with van der Waals surface area (Å²) in [6, 6.07) is 8.91. The molecule has 1 aliphatic rings. The summed E-state index contributed by atoms with van der Waals surface area (Å²) < 4.78 is 5.16. The molecule has 7 nitrogen and oxygen atoms in total. The van der Waals surface area contributed by atoms with Crippen molar-refractivity contribution in [2.24, 2.45) is 0 Å². The zero-order chi connectivity index (χ0) is 19.3. The highest BCUT2D eigenvalue weighted by atomic mass is 16.6. The third-order valence-corrected chi connectivity index (χ3v) is 4.03. The van der Waals surface area contributed by atoms with Gasteiger partial charge in [-0.1, -0.05) is 12.1 Å². The van der Waals surface area contributed by atoms with Crippen LogP contribution in [0.2, 0.25) is 0 Å². The zero-order valence-electron chi connectivity index (χ0n) is 15.7. The van der Waals surface area contributed by atoms with E-state index in [0.29, 0.717) is 12.1 Å². The number of amides is 2. The van der Waals surface area contributed by atoms with Gasteiger partial charge in [0.2, 0.25) is 5.91 Å². The minimum absolute atomic E-state index is 0.0304. The minimum atomic E-state index is -0.690. The fraction of sp³-hybridized carbons (Fsp3) is 0.526. The van der Waals surface area contributed by atoms with Crippen molar-refractivity contribution >= 4 is 17.7 Å². The van der Waals surface area contributed by atoms with Crippen molar-refractivity contribution in [2.75, 3.05) is 18.0 Å². The number of anilines is 1. The molecule has 0 bridgehead atoms. The predicted molar refractivity (Wildman–Crippen MR) is 98.7 cm³/mol. The molecule has 26 heavy (non-hydrogen) atoms. The van der Waals surface area contributed by atoms with E-state index in [9.17, 15) is 14.9 Å². The molecule has 2 unspecified atom stereocenters. The zero-order valence-corrected chi connectivity index (χ0v) is 15.7. The van der Waals surface area contributed by atoms with Gasteiger partial charge in [-0.15, -0.1) is 0 Å². The summed E-state index contributed by atoms with van der Waals surface area (Å²) >= 11 is 0. The van der Waals surface area contributed by atoms with Gasteiger partial charge in [0.1, 0.15) is 17.7 Å². The van der Waals surface area contributed by atoms with E-state index in [1.807, 2.05) is 18.2 Å². The van der Waals surface area contributed by atoms with Crippen LogP contribution in [0.15, 0.2) is 24.3 Å². The van der Waals surface area contributed by atoms with Crippen molar-refractivity contribution in [1.29, 1.82) is 5.26 Å². The summed E-state index contributed by atoms with van der Waals surface area (Å²) in [6.45, 7) is 8.31. The number of nitriles is 1. The molecule has 0 radical (unpaired) electrons. The molecule has 140 valence electrons. The molecule has 2 amide bonds. The smallest absolute Gasteiger partial charge is 0.408 e. The Kier molecular flexibility index (Phi) is 6.09. The summed E-state index contributed by atoms with van der Waals surface area (Å²) in [5, 5.41) is 14.7. The maximum Gasteiger partial charge on any atom is 0.408 e. The Morgan fingerprint density at radius 3 is 2.69 bits per heavy atom. The first-order valence-electron chi connectivity index (χ1n) is 8.73. The van der Waals surface area contributed by atoms with Gasteiger partial charge in [-0.3, -0.25) is 4.79 Å². The van der Waals surface area contributed by atoms with Crippen LogP contribution in [0, 0.1) is 11.3 Å². The number of hydrogen-bond acceptors (Lipinski definition) is 5. The molecule has 0 spiro atoms. The van der Waals surface area contributed by atoms with Crippen molar-refractivity contribution in [1.82, 2.24) is 10.6 Å². The number of ether oxygens (including phenoxy) is 1. The highest BCUT2D eigenvalue weighted by Gasteiger charge is 2.28. The van der Waals surface area contributed by atoms with E-state index in [1.54, 1.807) is 33.8 Å². The largest absolute Gasteiger partial charge is 0.444 e. The normalized spacial score (nSPS) is 18.0. The molecule has 0 saturated carbocycles. The Hall–Kier alpha value is -2.75. The first-order valence-corrected chi connectivity index (χ1v) is 8.73. The second-order valence-electron chi connectivity index (χ2n) is 7.44. The Bertz CT molecular complexity index is 705. The number of alkyl carbamates (subject to hydrolysis) is 1. The van der Waals surface area contributed by atoms with Gasteiger partial charge < -0.3 is 20.3 Å². The third-order valence-electron chi connectivity index (χ3n) is 4.03. The second-order valence-corrected chi connectivity index (χ2v) is 7.44. The molecular formula is C19H26N4O3. The number of benzene rings is 1. The average Bonchev–Trinajstić information content (AvgIpc) is 3.01. The molecule has 1 heterocycles. The van der Waals surface area contributed by atoms with Gasteiger partial charge in [0.05, 0.1) is 11.3 Å². The summed E-state index contributed by atoms with van der Waals surface area (Å²) in [5.74, 6) is -0.253. The van der Waals surface area contributed by atoms with Crippen molar-refractivity contribution in [2.45, 2.75) is 51.8 Å². The van der Waals surface area contributed by atoms with Crippen LogP contribution < -0.4 is 15.5 Å². The van der Waals surface area contributed by atoms with E-state index in [1.165, 1.54) is 0 Å². The van der Waals surface area contributed by atoms with Crippen LogP contribution in [0.3, 0.4) is 0 Å². The first kappa shape index (κ1) is 19.6. The second kappa shape index (κ2) is 8.09. The van der Waals surface area contributed by atoms with Crippen LogP contribution >= 0.6 is 0 Å². The number of rotatable bonds is 4. The van der Waals surface area contributed by atoms with Gasteiger partial charge in [0, 0.05) is 19.1 Å². The molecule has 1 fully saturated rings. The van der Waals surface area contributed by atoms with Crippen LogP contribution in [0.25, 0.3) is 0 Å². The molecule has 0 aliphatic carbocycles. The average molecular weight is 358 g/mol. The van der Waals surface area contributed by atoms with Crippen molar-refractivity contribution in [3.8, 4) is 6.07 Å². The standard InChI is InChI=1S/C19H26N4O3/c1-13(21-18(25)26-19(2,3)4)17(24)22-15-9-10-23(12-15)16-8-6-5-7-14(16)11-20/h5-8,13,15H,9-10,12H2,1-4H3,(H,21,25)(H,22,24). The first-order chi connectivity index (χ1) is 12.2. The van der Waals surface area contributed by atoms with Gasteiger partial charge in [0.25, 0.3) is 0 Å². The van der Waals surface area contributed by atoms with Crippen LogP contribution in [0.5, 0.6) is 0 Å². The SMILES string of the molecule is CC(NC(=O)OC(C)(C)C)C(=O)NC1CCN(c2ccccc2C#N)C1. The number of nitrogens with zero attached hydrogens (tertiary/aromatic N) is 2. The lowest BCUT2D eigenvalue weighted by molar-refractivity contribution is -0.123. The number of hydrogen-bond donors (Lipinski definition) is 2. The Balaban J connectivity index is 1.87. The van der Waals surface area contributed by atoms with Crippen molar-refractivity contribution in [3.05, 3.63) is 29.8 Å². The quantitative estimate of drug-likeness (QED) is 0.860.